The van der Waals surface area contributed by atoms with Crippen molar-refractivity contribution < 1.29 is 4.55 Å². The highest BCUT2D eigenvalue weighted by atomic mass is 32.2. The molecule has 3 heteroatoms. The Morgan fingerprint density at radius 3 is 2.62 bits per heavy atom. The van der Waals surface area contributed by atoms with E-state index in [1.165, 1.54) is 32.1 Å². The first-order chi connectivity index (χ1) is 6.27. The van der Waals surface area contributed by atoms with Crippen LogP contribution < -0.4 is 5.32 Å². The van der Waals surface area contributed by atoms with Crippen LogP contribution in [0.5, 0.6) is 0 Å². The zero-order valence-electron chi connectivity index (χ0n) is 8.51. The van der Waals surface area contributed by atoms with E-state index >= 15 is 0 Å². The van der Waals surface area contributed by atoms with Gasteiger partial charge in [0.2, 0.25) is 0 Å². The Bertz CT molecular complexity index is 135. The highest BCUT2D eigenvalue weighted by molar-refractivity contribution is 7.93. The van der Waals surface area contributed by atoms with Crippen molar-refractivity contribution in [3.05, 3.63) is 0 Å². The molecule has 0 bridgehead atoms. The van der Waals surface area contributed by atoms with Crippen molar-refractivity contribution in [2.75, 3.05) is 12.3 Å². The smallest absolute Gasteiger partial charge is 0.0207 e. The molecule has 0 saturated heterocycles. The first kappa shape index (κ1) is 11.3. The molecule has 0 heterocycles. The van der Waals surface area contributed by atoms with E-state index in [0.717, 1.165) is 30.8 Å². The topological polar surface area (TPSA) is 32.3 Å². The standard InChI is InChI=1S/C10H21NOS/c1-10(6-3-2-4-7-10)11-8-5-9-13-12/h11-12H,2-9H2,1H3. The SMILES string of the molecule is CC1(NCCCSO)CCCCC1. The van der Waals surface area contributed by atoms with Crippen molar-refractivity contribution in [1.82, 2.24) is 5.32 Å². The van der Waals surface area contributed by atoms with Crippen LogP contribution in [-0.4, -0.2) is 22.4 Å². The van der Waals surface area contributed by atoms with Crippen LogP contribution in [-0.2, 0) is 0 Å². The molecule has 1 rings (SSSR count). The molecular formula is C10H21NOS. The van der Waals surface area contributed by atoms with Crippen molar-refractivity contribution in [2.45, 2.75) is 51.0 Å². The summed E-state index contributed by atoms with van der Waals surface area (Å²) < 4.78 is 8.56. The Hall–Kier alpha value is 0.270. The second kappa shape index (κ2) is 5.89. The third-order valence-electron chi connectivity index (χ3n) is 2.92. The average Bonchev–Trinajstić information content (AvgIpc) is 2.14. The van der Waals surface area contributed by atoms with Gasteiger partial charge in [0.05, 0.1) is 0 Å². The summed E-state index contributed by atoms with van der Waals surface area (Å²) in [7, 11) is 0. The second-order valence-electron chi connectivity index (χ2n) is 4.23. The van der Waals surface area contributed by atoms with Crippen LogP contribution in [0.2, 0.25) is 0 Å². The zero-order valence-corrected chi connectivity index (χ0v) is 9.33. The Balaban J connectivity index is 2.10. The molecule has 0 aromatic heterocycles. The van der Waals surface area contributed by atoms with Crippen LogP contribution >= 0.6 is 12.0 Å². The summed E-state index contributed by atoms with van der Waals surface area (Å²) in [6.45, 7) is 3.38. The van der Waals surface area contributed by atoms with Gasteiger partial charge in [0.25, 0.3) is 0 Å². The molecular weight excluding hydrogens is 182 g/mol. The van der Waals surface area contributed by atoms with Gasteiger partial charge in [-0.25, -0.2) is 0 Å². The first-order valence-corrected chi connectivity index (χ1v) is 6.22. The third kappa shape index (κ3) is 4.34. The van der Waals surface area contributed by atoms with Crippen LogP contribution in [0.1, 0.15) is 45.4 Å². The van der Waals surface area contributed by atoms with Crippen molar-refractivity contribution >= 4 is 12.0 Å². The van der Waals surface area contributed by atoms with Crippen LogP contribution in [0.4, 0.5) is 0 Å². The van der Waals surface area contributed by atoms with E-state index in [9.17, 15) is 0 Å². The van der Waals surface area contributed by atoms with E-state index in [-0.39, 0.29) is 0 Å². The van der Waals surface area contributed by atoms with Crippen LogP contribution in [0.15, 0.2) is 0 Å². The van der Waals surface area contributed by atoms with E-state index < -0.39 is 0 Å². The minimum Gasteiger partial charge on any atom is -0.330 e. The maximum Gasteiger partial charge on any atom is 0.0207 e. The van der Waals surface area contributed by atoms with Gasteiger partial charge in [-0.1, -0.05) is 19.3 Å². The summed E-state index contributed by atoms with van der Waals surface area (Å²) in [6, 6.07) is 0. The fraction of sp³-hybridized carbons (Fsp3) is 1.00. The molecule has 1 aliphatic carbocycles. The molecule has 13 heavy (non-hydrogen) atoms. The van der Waals surface area contributed by atoms with Gasteiger partial charge in [-0.3, -0.25) is 0 Å². The zero-order chi connectivity index (χ0) is 9.57. The first-order valence-electron chi connectivity index (χ1n) is 5.28. The lowest BCUT2D eigenvalue weighted by Crippen LogP contribution is -2.44. The van der Waals surface area contributed by atoms with Crippen LogP contribution in [0.3, 0.4) is 0 Å². The van der Waals surface area contributed by atoms with Gasteiger partial charge in [-0.2, -0.15) is 0 Å². The molecule has 1 saturated carbocycles. The molecule has 0 atom stereocenters. The van der Waals surface area contributed by atoms with Gasteiger partial charge in [-0.05, 0) is 44.8 Å². The fourth-order valence-electron chi connectivity index (χ4n) is 2.04. The lowest BCUT2D eigenvalue weighted by Gasteiger charge is -2.34. The summed E-state index contributed by atoms with van der Waals surface area (Å²) >= 11 is 0.947. The van der Waals surface area contributed by atoms with Gasteiger partial charge >= 0.3 is 0 Å². The molecule has 1 aliphatic rings. The molecule has 2 nitrogen and oxygen atoms in total. The summed E-state index contributed by atoms with van der Waals surface area (Å²) in [6.07, 6.45) is 7.86. The fourth-order valence-corrected chi connectivity index (χ4v) is 2.31. The quantitative estimate of drug-likeness (QED) is 0.532. The Morgan fingerprint density at radius 1 is 1.31 bits per heavy atom. The van der Waals surface area contributed by atoms with Crippen LogP contribution in [0, 0.1) is 0 Å². The van der Waals surface area contributed by atoms with Crippen molar-refractivity contribution in [2.24, 2.45) is 0 Å². The number of nitrogens with one attached hydrogen (secondary N) is 1. The van der Waals surface area contributed by atoms with E-state index in [0.29, 0.717) is 5.54 Å². The maximum absolute atomic E-state index is 8.56. The summed E-state index contributed by atoms with van der Waals surface area (Å²) in [5.41, 5.74) is 0.387. The number of rotatable bonds is 5. The Kier molecular flexibility index (Phi) is 5.14. The van der Waals surface area contributed by atoms with Crippen LogP contribution in [0.25, 0.3) is 0 Å². The molecule has 0 aliphatic heterocycles. The summed E-state index contributed by atoms with van der Waals surface area (Å²) in [5, 5.41) is 3.61. The predicted molar refractivity (Wildman–Crippen MR) is 59.2 cm³/mol. The van der Waals surface area contributed by atoms with Gasteiger partial charge < -0.3 is 9.87 Å². The van der Waals surface area contributed by atoms with Gasteiger partial charge in [0.1, 0.15) is 0 Å². The van der Waals surface area contributed by atoms with E-state index in [1.807, 2.05) is 0 Å². The van der Waals surface area contributed by atoms with E-state index in [4.69, 9.17) is 4.55 Å². The number of hydrogen-bond acceptors (Lipinski definition) is 3. The molecule has 0 aromatic carbocycles. The van der Waals surface area contributed by atoms with Crippen molar-refractivity contribution in [3.63, 3.8) is 0 Å². The number of hydrogen-bond donors (Lipinski definition) is 2. The summed E-state index contributed by atoms with van der Waals surface area (Å²) in [4.78, 5) is 0. The minimum atomic E-state index is 0.387. The van der Waals surface area contributed by atoms with Gasteiger partial charge in [-0.15, -0.1) is 0 Å². The Morgan fingerprint density at radius 2 is 2.00 bits per heavy atom. The Labute approximate surface area is 85.7 Å². The van der Waals surface area contributed by atoms with E-state index in [2.05, 4.69) is 12.2 Å². The third-order valence-corrected chi connectivity index (χ3v) is 3.39. The normalized spacial score (nSPS) is 21.7. The maximum atomic E-state index is 8.56. The van der Waals surface area contributed by atoms with Crippen molar-refractivity contribution in [3.8, 4) is 0 Å². The largest absolute Gasteiger partial charge is 0.330 e. The molecule has 0 aromatic rings. The molecule has 0 spiro atoms. The molecule has 2 N–H and O–H groups in total. The molecule has 1 fully saturated rings. The van der Waals surface area contributed by atoms with Gasteiger partial charge in [0, 0.05) is 11.3 Å². The highest BCUT2D eigenvalue weighted by Gasteiger charge is 2.25. The lowest BCUT2D eigenvalue weighted by molar-refractivity contribution is 0.255. The summed E-state index contributed by atoms with van der Waals surface area (Å²) in [5.74, 6) is 0.850. The predicted octanol–water partition coefficient (Wildman–Crippen LogP) is 2.90. The molecule has 0 radical (unpaired) electrons. The molecule has 78 valence electrons. The molecule has 0 amide bonds. The van der Waals surface area contributed by atoms with Crippen molar-refractivity contribution in [1.29, 1.82) is 0 Å². The second-order valence-corrected chi connectivity index (χ2v) is 4.90. The van der Waals surface area contributed by atoms with Gasteiger partial charge in [0.15, 0.2) is 0 Å². The minimum absolute atomic E-state index is 0.387. The highest BCUT2D eigenvalue weighted by Crippen LogP contribution is 2.27. The molecule has 0 unspecified atom stereocenters. The monoisotopic (exact) mass is 203 g/mol. The lowest BCUT2D eigenvalue weighted by atomic mass is 9.83. The average molecular weight is 203 g/mol. The van der Waals surface area contributed by atoms with E-state index in [1.54, 1.807) is 0 Å².